The molecule has 0 bridgehead atoms. The number of unbranched alkanes of at least 4 members (excludes halogenated alkanes) is 3. The lowest BCUT2D eigenvalue weighted by atomic mass is 10.1. The van der Waals surface area contributed by atoms with Crippen LogP contribution in [0.2, 0.25) is 0 Å². The molecule has 0 aliphatic carbocycles. The van der Waals surface area contributed by atoms with Crippen molar-refractivity contribution in [3.05, 3.63) is 0 Å². The Bertz CT molecular complexity index is 157. The number of carboxylic acids is 1. The van der Waals surface area contributed by atoms with Crippen LogP contribution in [0.1, 0.15) is 58.8 Å². The lowest BCUT2D eigenvalue weighted by Crippen LogP contribution is -2.11. The monoisotopic (exact) mass is 216 g/mol. The minimum Gasteiger partial charge on any atom is -0.481 e. The SMILES string of the molecule is CCOC(CC)CCCCCCC(=O)O. The van der Waals surface area contributed by atoms with Crippen molar-refractivity contribution >= 4 is 5.97 Å². The minimum absolute atomic E-state index is 0.308. The van der Waals surface area contributed by atoms with Crippen molar-refractivity contribution in [2.45, 2.75) is 64.9 Å². The van der Waals surface area contributed by atoms with Crippen molar-refractivity contribution in [2.75, 3.05) is 6.61 Å². The van der Waals surface area contributed by atoms with Gasteiger partial charge < -0.3 is 9.84 Å². The topological polar surface area (TPSA) is 46.5 Å². The molecule has 0 saturated carbocycles. The Kier molecular flexibility index (Phi) is 9.59. The van der Waals surface area contributed by atoms with Gasteiger partial charge in [-0.1, -0.05) is 26.2 Å². The standard InChI is InChI=1S/C12H24O3/c1-3-11(15-4-2)9-7-5-6-8-10-12(13)14/h11H,3-10H2,1-2H3,(H,13,14). The van der Waals surface area contributed by atoms with Gasteiger partial charge in [-0.25, -0.2) is 0 Å². The smallest absolute Gasteiger partial charge is 0.303 e. The summed E-state index contributed by atoms with van der Waals surface area (Å²) >= 11 is 0. The predicted octanol–water partition coefficient (Wildman–Crippen LogP) is 3.23. The average Bonchev–Trinajstić information content (AvgIpc) is 2.21. The van der Waals surface area contributed by atoms with Crippen LogP contribution >= 0.6 is 0 Å². The van der Waals surface area contributed by atoms with E-state index >= 15 is 0 Å². The first-order chi connectivity index (χ1) is 7.20. The molecule has 0 fully saturated rings. The zero-order valence-corrected chi connectivity index (χ0v) is 10.00. The van der Waals surface area contributed by atoms with Crippen LogP contribution in [0.25, 0.3) is 0 Å². The molecule has 0 aromatic carbocycles. The molecule has 0 saturated heterocycles. The molecule has 0 aliphatic rings. The van der Waals surface area contributed by atoms with Crippen molar-refractivity contribution in [3.63, 3.8) is 0 Å². The third kappa shape index (κ3) is 9.73. The second-order valence-corrected chi connectivity index (χ2v) is 3.83. The number of ether oxygens (including phenoxy) is 1. The number of aliphatic carboxylic acids is 1. The van der Waals surface area contributed by atoms with Crippen LogP contribution < -0.4 is 0 Å². The van der Waals surface area contributed by atoms with Gasteiger partial charge >= 0.3 is 5.97 Å². The van der Waals surface area contributed by atoms with E-state index in [-0.39, 0.29) is 0 Å². The van der Waals surface area contributed by atoms with E-state index in [0.717, 1.165) is 45.1 Å². The Morgan fingerprint density at radius 2 is 1.87 bits per heavy atom. The van der Waals surface area contributed by atoms with Crippen molar-refractivity contribution < 1.29 is 14.6 Å². The summed E-state index contributed by atoms with van der Waals surface area (Å²) in [7, 11) is 0. The molecule has 15 heavy (non-hydrogen) atoms. The maximum Gasteiger partial charge on any atom is 0.303 e. The molecule has 0 aromatic rings. The summed E-state index contributed by atoms with van der Waals surface area (Å²) in [5.74, 6) is -0.684. The summed E-state index contributed by atoms with van der Waals surface area (Å²) in [6.45, 7) is 4.96. The van der Waals surface area contributed by atoms with Crippen LogP contribution in [-0.4, -0.2) is 23.8 Å². The van der Waals surface area contributed by atoms with Crippen LogP contribution in [0, 0.1) is 0 Å². The quantitative estimate of drug-likeness (QED) is 0.570. The maximum atomic E-state index is 10.3. The Hall–Kier alpha value is -0.570. The van der Waals surface area contributed by atoms with Crippen LogP contribution in [0.5, 0.6) is 0 Å². The van der Waals surface area contributed by atoms with Gasteiger partial charge in [0.2, 0.25) is 0 Å². The summed E-state index contributed by atoms with van der Waals surface area (Å²) in [5.41, 5.74) is 0. The van der Waals surface area contributed by atoms with Crippen molar-refractivity contribution in [1.82, 2.24) is 0 Å². The van der Waals surface area contributed by atoms with Gasteiger partial charge in [0.15, 0.2) is 0 Å². The summed E-state index contributed by atoms with van der Waals surface area (Å²) < 4.78 is 5.54. The first-order valence-electron chi connectivity index (χ1n) is 6.04. The lowest BCUT2D eigenvalue weighted by molar-refractivity contribution is -0.137. The van der Waals surface area contributed by atoms with Gasteiger partial charge in [-0.3, -0.25) is 4.79 Å². The first kappa shape index (κ1) is 14.4. The van der Waals surface area contributed by atoms with Gasteiger partial charge in [0.25, 0.3) is 0 Å². The summed E-state index contributed by atoms with van der Waals surface area (Å²) in [6, 6.07) is 0. The van der Waals surface area contributed by atoms with Gasteiger partial charge in [-0.15, -0.1) is 0 Å². The van der Waals surface area contributed by atoms with Crippen LogP contribution in [-0.2, 0) is 9.53 Å². The van der Waals surface area contributed by atoms with E-state index in [4.69, 9.17) is 9.84 Å². The molecule has 0 radical (unpaired) electrons. The molecule has 90 valence electrons. The third-order valence-electron chi connectivity index (χ3n) is 2.52. The fourth-order valence-electron chi connectivity index (χ4n) is 1.64. The molecule has 3 heteroatoms. The highest BCUT2D eigenvalue weighted by Gasteiger charge is 2.04. The number of carbonyl (C=O) groups is 1. The van der Waals surface area contributed by atoms with Crippen LogP contribution in [0.3, 0.4) is 0 Å². The molecular weight excluding hydrogens is 192 g/mol. The largest absolute Gasteiger partial charge is 0.481 e. The first-order valence-corrected chi connectivity index (χ1v) is 6.04. The number of rotatable bonds is 10. The fourth-order valence-corrected chi connectivity index (χ4v) is 1.64. The normalized spacial score (nSPS) is 12.7. The maximum absolute atomic E-state index is 10.3. The Morgan fingerprint density at radius 3 is 2.40 bits per heavy atom. The summed E-state index contributed by atoms with van der Waals surface area (Å²) in [6.07, 6.45) is 6.99. The van der Waals surface area contributed by atoms with Gasteiger partial charge in [-0.05, 0) is 26.2 Å². The number of hydrogen-bond donors (Lipinski definition) is 1. The highest BCUT2D eigenvalue weighted by molar-refractivity contribution is 5.66. The van der Waals surface area contributed by atoms with Gasteiger partial charge in [-0.2, -0.15) is 0 Å². The summed E-state index contributed by atoms with van der Waals surface area (Å²) in [4.78, 5) is 10.3. The number of hydrogen-bond acceptors (Lipinski definition) is 2. The van der Waals surface area contributed by atoms with E-state index in [0.29, 0.717) is 12.5 Å². The lowest BCUT2D eigenvalue weighted by Gasteiger charge is -2.14. The zero-order chi connectivity index (χ0) is 11.5. The Balaban J connectivity index is 3.24. The van der Waals surface area contributed by atoms with E-state index in [1.165, 1.54) is 0 Å². The molecule has 1 unspecified atom stereocenters. The van der Waals surface area contributed by atoms with E-state index in [1.54, 1.807) is 0 Å². The fraction of sp³-hybridized carbons (Fsp3) is 0.917. The number of carboxylic acid groups (broad SMARTS) is 1. The highest BCUT2D eigenvalue weighted by Crippen LogP contribution is 2.11. The molecule has 0 amide bonds. The molecule has 1 atom stereocenters. The van der Waals surface area contributed by atoms with Gasteiger partial charge in [0.05, 0.1) is 6.10 Å². The zero-order valence-electron chi connectivity index (χ0n) is 10.00. The van der Waals surface area contributed by atoms with Crippen molar-refractivity contribution in [2.24, 2.45) is 0 Å². The highest BCUT2D eigenvalue weighted by atomic mass is 16.5. The molecule has 0 heterocycles. The minimum atomic E-state index is -0.684. The molecule has 0 spiro atoms. The van der Waals surface area contributed by atoms with Crippen LogP contribution in [0.4, 0.5) is 0 Å². The predicted molar refractivity (Wildman–Crippen MR) is 61.0 cm³/mol. The van der Waals surface area contributed by atoms with E-state index in [1.807, 2.05) is 6.92 Å². The van der Waals surface area contributed by atoms with E-state index in [9.17, 15) is 4.79 Å². The Morgan fingerprint density at radius 1 is 1.20 bits per heavy atom. The van der Waals surface area contributed by atoms with E-state index < -0.39 is 5.97 Å². The molecular formula is C12H24O3. The second kappa shape index (κ2) is 9.97. The molecule has 0 aliphatic heterocycles. The average molecular weight is 216 g/mol. The van der Waals surface area contributed by atoms with Crippen molar-refractivity contribution in [1.29, 1.82) is 0 Å². The summed E-state index contributed by atoms with van der Waals surface area (Å²) in [5, 5.41) is 8.45. The van der Waals surface area contributed by atoms with Crippen LogP contribution in [0.15, 0.2) is 0 Å². The van der Waals surface area contributed by atoms with Crippen molar-refractivity contribution in [3.8, 4) is 0 Å². The molecule has 0 aromatic heterocycles. The molecule has 3 nitrogen and oxygen atoms in total. The second-order valence-electron chi connectivity index (χ2n) is 3.83. The third-order valence-corrected chi connectivity index (χ3v) is 2.52. The Labute approximate surface area is 92.8 Å². The molecule has 0 rings (SSSR count). The van der Waals surface area contributed by atoms with Gasteiger partial charge in [0, 0.05) is 13.0 Å². The molecule has 1 N–H and O–H groups in total. The van der Waals surface area contributed by atoms with E-state index in [2.05, 4.69) is 6.92 Å². The van der Waals surface area contributed by atoms with Gasteiger partial charge in [0.1, 0.15) is 0 Å².